The molecular formula is C22H30NO2+. The van der Waals surface area contributed by atoms with Crippen molar-refractivity contribution in [1.82, 2.24) is 0 Å². The van der Waals surface area contributed by atoms with Crippen LogP contribution in [0.4, 0.5) is 0 Å². The number of hydrogen-bond acceptors (Lipinski definition) is 2. The molecule has 0 aliphatic carbocycles. The number of nitrogens with zero attached hydrogens (tertiary/aromatic N) is 1. The standard InChI is InChI=1S/C22H30NO2/c1-17(23(5,6)22(2,3)4)16-25-20-15-11-10-14-19(20)21(24)18-12-8-7-9-13-18/h7-15,17H,16H2,1-6H3/q+1. The van der Waals surface area contributed by atoms with E-state index in [2.05, 4.69) is 41.8 Å². The van der Waals surface area contributed by atoms with E-state index in [0.29, 0.717) is 29.5 Å². The molecule has 0 N–H and O–H groups in total. The van der Waals surface area contributed by atoms with Gasteiger partial charge in [0.2, 0.25) is 0 Å². The van der Waals surface area contributed by atoms with Gasteiger partial charge in [0.05, 0.1) is 25.2 Å². The quantitative estimate of drug-likeness (QED) is 0.569. The minimum atomic E-state index is -0.00609. The number of likely N-dealkylation sites (N-methyl/N-ethyl adjacent to an activating group) is 1. The van der Waals surface area contributed by atoms with Crippen LogP contribution in [0.25, 0.3) is 0 Å². The molecule has 2 aromatic rings. The van der Waals surface area contributed by atoms with Gasteiger partial charge in [0, 0.05) is 5.56 Å². The molecule has 0 spiro atoms. The van der Waals surface area contributed by atoms with E-state index < -0.39 is 0 Å². The fourth-order valence-corrected chi connectivity index (χ4v) is 2.58. The van der Waals surface area contributed by atoms with Gasteiger partial charge < -0.3 is 9.22 Å². The van der Waals surface area contributed by atoms with Crippen LogP contribution in [-0.2, 0) is 0 Å². The van der Waals surface area contributed by atoms with Gasteiger partial charge in [-0.05, 0) is 39.8 Å². The molecule has 3 nitrogen and oxygen atoms in total. The molecule has 0 saturated carbocycles. The van der Waals surface area contributed by atoms with Crippen LogP contribution in [0.3, 0.4) is 0 Å². The van der Waals surface area contributed by atoms with Gasteiger partial charge in [0.25, 0.3) is 0 Å². The third-order valence-electron chi connectivity index (χ3n) is 5.48. The number of carbonyl (C=O) groups excluding carboxylic acids is 1. The van der Waals surface area contributed by atoms with Crippen molar-refractivity contribution in [3.63, 3.8) is 0 Å². The Hall–Kier alpha value is -2.13. The summed E-state index contributed by atoms with van der Waals surface area (Å²) >= 11 is 0. The number of ether oxygens (including phenoxy) is 1. The molecule has 134 valence electrons. The molecule has 0 amide bonds. The lowest BCUT2D eigenvalue weighted by Gasteiger charge is -2.46. The molecule has 0 aliphatic rings. The number of hydrogen-bond donors (Lipinski definition) is 0. The summed E-state index contributed by atoms with van der Waals surface area (Å²) in [4.78, 5) is 12.8. The molecule has 25 heavy (non-hydrogen) atoms. The van der Waals surface area contributed by atoms with Gasteiger partial charge in [-0.2, -0.15) is 0 Å². The summed E-state index contributed by atoms with van der Waals surface area (Å²) in [5, 5.41) is 0. The van der Waals surface area contributed by atoms with Crippen LogP contribution in [0.1, 0.15) is 43.6 Å². The first-order chi connectivity index (χ1) is 11.6. The monoisotopic (exact) mass is 340 g/mol. The second-order valence-electron chi connectivity index (χ2n) is 8.06. The maximum Gasteiger partial charge on any atom is 0.196 e. The van der Waals surface area contributed by atoms with Crippen LogP contribution in [0.2, 0.25) is 0 Å². The van der Waals surface area contributed by atoms with Crippen LogP contribution in [-0.4, -0.2) is 42.5 Å². The molecule has 0 heterocycles. The molecule has 0 aromatic heterocycles. The number of quaternary nitrogens is 1. The fourth-order valence-electron chi connectivity index (χ4n) is 2.58. The van der Waals surface area contributed by atoms with Gasteiger partial charge in [-0.1, -0.05) is 42.5 Å². The third kappa shape index (κ3) is 4.29. The Morgan fingerprint density at radius 2 is 1.56 bits per heavy atom. The summed E-state index contributed by atoms with van der Waals surface area (Å²) in [7, 11) is 4.43. The summed E-state index contributed by atoms with van der Waals surface area (Å²) < 4.78 is 6.92. The van der Waals surface area contributed by atoms with Gasteiger partial charge in [0.1, 0.15) is 18.4 Å². The Kier molecular flexibility index (Phi) is 5.69. The Morgan fingerprint density at radius 3 is 2.16 bits per heavy atom. The third-order valence-corrected chi connectivity index (χ3v) is 5.48. The second kappa shape index (κ2) is 7.40. The van der Waals surface area contributed by atoms with E-state index in [1.165, 1.54) is 0 Å². The van der Waals surface area contributed by atoms with E-state index in [4.69, 9.17) is 4.74 Å². The van der Waals surface area contributed by atoms with E-state index in [1.54, 1.807) is 0 Å². The Morgan fingerprint density at radius 1 is 1.00 bits per heavy atom. The first-order valence-electron chi connectivity index (χ1n) is 8.80. The van der Waals surface area contributed by atoms with Crippen LogP contribution < -0.4 is 4.74 Å². The molecule has 0 bridgehead atoms. The van der Waals surface area contributed by atoms with Crippen molar-refractivity contribution in [1.29, 1.82) is 0 Å². The molecule has 1 unspecified atom stereocenters. The minimum Gasteiger partial charge on any atom is -0.487 e. The number of rotatable bonds is 6. The summed E-state index contributed by atoms with van der Waals surface area (Å²) in [5.74, 6) is 0.644. The zero-order chi connectivity index (χ0) is 18.7. The van der Waals surface area contributed by atoms with Crippen LogP contribution in [0.15, 0.2) is 54.6 Å². The SMILES string of the molecule is CC(COc1ccccc1C(=O)c1ccccc1)[N+](C)(C)C(C)(C)C. The van der Waals surface area contributed by atoms with Gasteiger partial charge >= 0.3 is 0 Å². The van der Waals surface area contributed by atoms with Crippen molar-refractivity contribution in [2.24, 2.45) is 0 Å². The minimum absolute atomic E-state index is 0.00609. The van der Waals surface area contributed by atoms with Gasteiger partial charge in [-0.15, -0.1) is 0 Å². The molecule has 3 heteroatoms. The first kappa shape index (κ1) is 19.2. The Balaban J connectivity index is 2.18. The maximum absolute atomic E-state index is 12.8. The topological polar surface area (TPSA) is 26.3 Å². The average molecular weight is 340 g/mol. The predicted octanol–water partition coefficient (Wildman–Crippen LogP) is 4.56. The number of carbonyl (C=O) groups is 1. The zero-order valence-corrected chi connectivity index (χ0v) is 16.2. The zero-order valence-electron chi connectivity index (χ0n) is 16.2. The molecule has 1 atom stereocenters. The predicted molar refractivity (Wildman–Crippen MR) is 103 cm³/mol. The number of benzene rings is 2. The summed E-state index contributed by atoms with van der Waals surface area (Å²) in [6.45, 7) is 9.44. The van der Waals surface area contributed by atoms with Gasteiger partial charge in [-0.25, -0.2) is 0 Å². The van der Waals surface area contributed by atoms with Crippen molar-refractivity contribution >= 4 is 5.78 Å². The van der Waals surface area contributed by atoms with Crippen LogP contribution >= 0.6 is 0 Å². The molecule has 0 saturated heterocycles. The van der Waals surface area contributed by atoms with Crippen molar-refractivity contribution < 1.29 is 14.0 Å². The lowest BCUT2D eigenvalue weighted by atomic mass is 10.0. The highest BCUT2D eigenvalue weighted by Crippen LogP contribution is 2.26. The number of ketones is 1. The summed E-state index contributed by atoms with van der Waals surface area (Å²) in [6, 6.07) is 17.1. The van der Waals surface area contributed by atoms with E-state index in [1.807, 2.05) is 54.6 Å². The lowest BCUT2D eigenvalue weighted by molar-refractivity contribution is -0.956. The van der Waals surface area contributed by atoms with Crippen molar-refractivity contribution in [3.8, 4) is 5.75 Å². The van der Waals surface area contributed by atoms with Gasteiger partial charge in [-0.3, -0.25) is 4.79 Å². The lowest BCUT2D eigenvalue weighted by Crippen LogP contribution is -2.60. The molecule has 2 rings (SSSR count). The normalized spacial score (nSPS) is 13.4. The number of para-hydroxylation sites is 1. The first-order valence-corrected chi connectivity index (χ1v) is 8.80. The van der Waals surface area contributed by atoms with Crippen LogP contribution in [0.5, 0.6) is 5.75 Å². The molecule has 0 aliphatic heterocycles. The van der Waals surface area contributed by atoms with Crippen molar-refractivity contribution in [3.05, 3.63) is 65.7 Å². The highest BCUT2D eigenvalue weighted by atomic mass is 16.5. The Labute approximate surface area is 151 Å². The van der Waals surface area contributed by atoms with Gasteiger partial charge in [0.15, 0.2) is 5.78 Å². The van der Waals surface area contributed by atoms with Crippen molar-refractivity contribution in [2.45, 2.75) is 39.3 Å². The fraction of sp³-hybridized carbons (Fsp3) is 0.409. The highest BCUT2D eigenvalue weighted by Gasteiger charge is 2.37. The molecule has 0 fully saturated rings. The Bertz CT molecular complexity index is 714. The molecular weight excluding hydrogens is 310 g/mol. The molecule has 2 aromatic carbocycles. The second-order valence-corrected chi connectivity index (χ2v) is 8.06. The van der Waals surface area contributed by atoms with E-state index in [-0.39, 0.29) is 11.3 Å². The van der Waals surface area contributed by atoms with E-state index in [9.17, 15) is 4.79 Å². The summed E-state index contributed by atoms with van der Waals surface area (Å²) in [5.41, 5.74) is 1.40. The smallest absolute Gasteiger partial charge is 0.196 e. The highest BCUT2D eigenvalue weighted by molar-refractivity contribution is 6.10. The van der Waals surface area contributed by atoms with E-state index >= 15 is 0 Å². The summed E-state index contributed by atoms with van der Waals surface area (Å²) in [6.07, 6.45) is 0. The maximum atomic E-state index is 12.8. The van der Waals surface area contributed by atoms with E-state index in [0.717, 1.165) is 4.48 Å². The largest absolute Gasteiger partial charge is 0.487 e. The molecule has 0 radical (unpaired) electrons. The average Bonchev–Trinajstić information content (AvgIpc) is 2.59. The van der Waals surface area contributed by atoms with Crippen molar-refractivity contribution in [2.75, 3.05) is 20.7 Å². The van der Waals surface area contributed by atoms with Crippen LogP contribution in [0, 0.1) is 0 Å².